The minimum absolute atomic E-state index is 0.140. The smallest absolute Gasteiger partial charge is 0.259 e. The van der Waals surface area contributed by atoms with Crippen LogP contribution < -0.4 is 11.1 Å². The predicted molar refractivity (Wildman–Crippen MR) is 84.8 cm³/mol. The van der Waals surface area contributed by atoms with Crippen molar-refractivity contribution in [1.29, 1.82) is 0 Å². The van der Waals surface area contributed by atoms with Crippen molar-refractivity contribution in [2.24, 2.45) is 0 Å². The molecule has 4 rings (SSSR count). The van der Waals surface area contributed by atoms with Crippen LogP contribution in [0.2, 0.25) is 0 Å². The molecule has 21 heavy (non-hydrogen) atoms. The van der Waals surface area contributed by atoms with E-state index in [0.29, 0.717) is 16.4 Å². The number of aryl methyl sites for hydroxylation is 2. The second kappa shape index (κ2) is 4.60. The van der Waals surface area contributed by atoms with Crippen LogP contribution in [0.3, 0.4) is 0 Å². The first-order chi connectivity index (χ1) is 10.2. The van der Waals surface area contributed by atoms with E-state index in [1.807, 2.05) is 12.1 Å². The summed E-state index contributed by atoms with van der Waals surface area (Å²) in [6.45, 7) is 0. The van der Waals surface area contributed by atoms with Crippen LogP contribution >= 0.6 is 11.3 Å². The third-order valence-corrected chi connectivity index (χ3v) is 4.84. The maximum Gasteiger partial charge on any atom is 0.259 e. The number of carbonyl (C=O) groups is 1. The number of nitrogens with one attached hydrogen (secondary N) is 2. The molecule has 1 aliphatic carbocycles. The zero-order valence-corrected chi connectivity index (χ0v) is 12.1. The highest BCUT2D eigenvalue weighted by Crippen LogP contribution is 2.31. The predicted octanol–water partition coefficient (Wildman–Crippen LogP) is 2.95. The summed E-state index contributed by atoms with van der Waals surface area (Å²) in [5.41, 5.74) is 9.03. The zero-order chi connectivity index (χ0) is 14.4. The van der Waals surface area contributed by atoms with E-state index in [1.165, 1.54) is 11.3 Å². The standard InChI is InChI=1S/C15H14N4OS/c16-8-4-5-9-10(7-17-12(9)6-8)14(20)19-15-18-11-2-1-3-13(11)21-15/h4-7,17H,1-3,16H2,(H,18,19,20). The third kappa shape index (κ3) is 2.08. The van der Waals surface area contributed by atoms with Crippen LogP contribution in [0.15, 0.2) is 24.4 Å². The lowest BCUT2D eigenvalue weighted by molar-refractivity contribution is 0.102. The summed E-state index contributed by atoms with van der Waals surface area (Å²) in [6.07, 6.45) is 4.98. The summed E-state index contributed by atoms with van der Waals surface area (Å²) in [5, 5.41) is 4.45. The molecule has 0 aliphatic heterocycles. The van der Waals surface area contributed by atoms with E-state index in [4.69, 9.17) is 5.73 Å². The van der Waals surface area contributed by atoms with E-state index in [0.717, 1.165) is 29.4 Å². The van der Waals surface area contributed by atoms with Gasteiger partial charge in [0.05, 0.1) is 11.3 Å². The van der Waals surface area contributed by atoms with Crippen LogP contribution in [0.1, 0.15) is 27.3 Å². The Labute approximate surface area is 125 Å². The number of hydrogen-bond acceptors (Lipinski definition) is 4. The Kier molecular flexibility index (Phi) is 2.71. The van der Waals surface area contributed by atoms with Gasteiger partial charge in [-0.2, -0.15) is 0 Å². The molecule has 2 aromatic heterocycles. The molecule has 3 aromatic rings. The van der Waals surface area contributed by atoms with Crippen LogP contribution in [0.25, 0.3) is 10.9 Å². The average molecular weight is 298 g/mol. The van der Waals surface area contributed by atoms with Gasteiger partial charge in [0.1, 0.15) is 0 Å². The minimum atomic E-state index is -0.140. The summed E-state index contributed by atoms with van der Waals surface area (Å²) in [6, 6.07) is 5.48. The average Bonchev–Trinajstić information content (AvgIpc) is 3.11. The number of nitrogens with zero attached hydrogens (tertiary/aromatic N) is 1. The molecule has 1 aromatic carbocycles. The molecule has 4 N–H and O–H groups in total. The van der Waals surface area contributed by atoms with Gasteiger partial charge in [-0.15, -0.1) is 11.3 Å². The van der Waals surface area contributed by atoms with E-state index < -0.39 is 0 Å². The van der Waals surface area contributed by atoms with Gasteiger partial charge in [-0.3, -0.25) is 10.1 Å². The normalized spacial score (nSPS) is 13.5. The Balaban J connectivity index is 1.63. The van der Waals surface area contributed by atoms with Crippen molar-refractivity contribution in [1.82, 2.24) is 9.97 Å². The van der Waals surface area contributed by atoms with Gasteiger partial charge in [-0.05, 0) is 37.5 Å². The number of hydrogen-bond donors (Lipinski definition) is 3. The van der Waals surface area contributed by atoms with Gasteiger partial charge in [0.2, 0.25) is 0 Å². The van der Waals surface area contributed by atoms with Crippen LogP contribution in [0, 0.1) is 0 Å². The van der Waals surface area contributed by atoms with Crippen molar-refractivity contribution in [3.63, 3.8) is 0 Å². The van der Waals surface area contributed by atoms with E-state index >= 15 is 0 Å². The highest BCUT2D eigenvalue weighted by Gasteiger charge is 2.19. The molecule has 0 unspecified atom stereocenters. The fourth-order valence-corrected chi connectivity index (χ4v) is 3.78. The molecule has 0 fully saturated rings. The van der Waals surface area contributed by atoms with E-state index in [9.17, 15) is 4.79 Å². The van der Waals surface area contributed by atoms with Gasteiger partial charge in [0.15, 0.2) is 5.13 Å². The number of carbonyl (C=O) groups excluding carboxylic acids is 1. The molecule has 5 nitrogen and oxygen atoms in total. The molecule has 2 heterocycles. The Morgan fingerprint density at radius 1 is 1.38 bits per heavy atom. The molecular weight excluding hydrogens is 284 g/mol. The molecule has 1 aliphatic rings. The third-order valence-electron chi connectivity index (χ3n) is 3.77. The van der Waals surface area contributed by atoms with Crippen LogP contribution in [0.4, 0.5) is 10.8 Å². The maximum atomic E-state index is 12.4. The van der Waals surface area contributed by atoms with Crippen molar-refractivity contribution in [2.75, 3.05) is 11.1 Å². The molecule has 0 saturated heterocycles. The Hall–Kier alpha value is -2.34. The molecule has 1 amide bonds. The number of anilines is 2. The van der Waals surface area contributed by atoms with Gasteiger partial charge < -0.3 is 10.7 Å². The summed E-state index contributed by atoms with van der Waals surface area (Å²) in [5.74, 6) is -0.140. The molecular formula is C15H14N4OS. The highest BCUT2D eigenvalue weighted by atomic mass is 32.1. The number of aromatic nitrogens is 2. The van der Waals surface area contributed by atoms with Crippen molar-refractivity contribution in [3.05, 3.63) is 40.5 Å². The lowest BCUT2D eigenvalue weighted by atomic mass is 10.1. The Morgan fingerprint density at radius 2 is 2.29 bits per heavy atom. The second-order valence-electron chi connectivity index (χ2n) is 5.20. The quantitative estimate of drug-likeness (QED) is 0.636. The SMILES string of the molecule is Nc1ccc2c(C(=O)Nc3nc4c(s3)CCC4)c[nH]c2c1. The number of amides is 1. The zero-order valence-electron chi connectivity index (χ0n) is 11.3. The second-order valence-corrected chi connectivity index (χ2v) is 6.29. The lowest BCUT2D eigenvalue weighted by Gasteiger charge is -2.01. The molecule has 6 heteroatoms. The fourth-order valence-electron chi connectivity index (χ4n) is 2.74. The van der Waals surface area contributed by atoms with Crippen molar-refractivity contribution in [2.45, 2.75) is 19.3 Å². The number of aromatic amines is 1. The summed E-state index contributed by atoms with van der Waals surface area (Å²) in [7, 11) is 0. The number of fused-ring (bicyclic) bond motifs is 2. The number of nitrogen functional groups attached to an aromatic ring is 1. The fraction of sp³-hybridized carbons (Fsp3) is 0.200. The first-order valence-corrected chi connectivity index (χ1v) is 7.69. The molecule has 0 saturated carbocycles. The van der Waals surface area contributed by atoms with Crippen LogP contribution in [0.5, 0.6) is 0 Å². The van der Waals surface area contributed by atoms with Gasteiger partial charge in [0, 0.05) is 27.7 Å². The van der Waals surface area contributed by atoms with Gasteiger partial charge in [-0.25, -0.2) is 4.98 Å². The van der Waals surface area contributed by atoms with Crippen molar-refractivity contribution < 1.29 is 4.79 Å². The van der Waals surface area contributed by atoms with Gasteiger partial charge in [0.25, 0.3) is 5.91 Å². The van der Waals surface area contributed by atoms with E-state index in [2.05, 4.69) is 15.3 Å². The lowest BCUT2D eigenvalue weighted by Crippen LogP contribution is -2.11. The largest absolute Gasteiger partial charge is 0.399 e. The number of nitrogens with two attached hydrogens (primary N) is 1. The minimum Gasteiger partial charge on any atom is -0.399 e. The van der Waals surface area contributed by atoms with Crippen LogP contribution in [-0.4, -0.2) is 15.9 Å². The van der Waals surface area contributed by atoms with Crippen LogP contribution in [-0.2, 0) is 12.8 Å². The highest BCUT2D eigenvalue weighted by molar-refractivity contribution is 7.16. The first kappa shape index (κ1) is 12.4. The monoisotopic (exact) mass is 298 g/mol. The maximum absolute atomic E-state index is 12.4. The molecule has 106 valence electrons. The van der Waals surface area contributed by atoms with Crippen molar-refractivity contribution >= 4 is 39.0 Å². The van der Waals surface area contributed by atoms with Gasteiger partial charge in [-0.1, -0.05) is 0 Å². The number of H-pyrrole nitrogens is 1. The molecule has 0 spiro atoms. The Morgan fingerprint density at radius 3 is 3.14 bits per heavy atom. The molecule has 0 atom stereocenters. The first-order valence-electron chi connectivity index (χ1n) is 6.87. The van der Waals surface area contributed by atoms with E-state index in [1.54, 1.807) is 23.6 Å². The number of rotatable bonds is 2. The summed E-state index contributed by atoms with van der Waals surface area (Å²) in [4.78, 5) is 21.3. The number of thiazole rings is 1. The van der Waals surface area contributed by atoms with E-state index in [-0.39, 0.29) is 5.91 Å². The van der Waals surface area contributed by atoms with Crippen molar-refractivity contribution in [3.8, 4) is 0 Å². The number of benzene rings is 1. The molecule has 0 radical (unpaired) electrons. The topological polar surface area (TPSA) is 83.8 Å². The summed E-state index contributed by atoms with van der Waals surface area (Å²) >= 11 is 1.58. The summed E-state index contributed by atoms with van der Waals surface area (Å²) < 4.78 is 0. The van der Waals surface area contributed by atoms with Gasteiger partial charge >= 0.3 is 0 Å². The Bertz CT molecular complexity index is 827. The molecule has 0 bridgehead atoms.